The zero-order chi connectivity index (χ0) is 25.2. The standard InChI is InChI=1S/C26H23N7O3/c1-15(2)36-25(35)18-11-28-26(32-24(18)19-13-33(3)22-7-5-4-6-17(19)22)30-16-8-9-20-21(10-16)31-23(12-27-20)29-14-34/h4-15H,1-3H3,(H,28,30,32)(H,29,31,34). The maximum atomic E-state index is 12.9. The summed E-state index contributed by atoms with van der Waals surface area (Å²) in [6.45, 7) is 3.59. The summed E-state index contributed by atoms with van der Waals surface area (Å²) >= 11 is 0. The number of aryl methyl sites for hydroxylation is 1. The minimum atomic E-state index is -0.490. The van der Waals surface area contributed by atoms with Crippen LogP contribution in [-0.2, 0) is 16.6 Å². The average molecular weight is 482 g/mol. The lowest BCUT2D eigenvalue weighted by Crippen LogP contribution is -2.14. The number of rotatable bonds is 7. The second-order valence-electron chi connectivity index (χ2n) is 8.43. The summed E-state index contributed by atoms with van der Waals surface area (Å²) in [5.74, 6) is 0.154. The maximum absolute atomic E-state index is 12.9. The fourth-order valence-corrected chi connectivity index (χ4v) is 3.95. The maximum Gasteiger partial charge on any atom is 0.342 e. The van der Waals surface area contributed by atoms with Crippen LogP contribution in [-0.4, -0.2) is 43.0 Å². The summed E-state index contributed by atoms with van der Waals surface area (Å²) in [5.41, 5.74) is 4.47. The first kappa shape index (κ1) is 22.9. The third-order valence-electron chi connectivity index (χ3n) is 5.51. The van der Waals surface area contributed by atoms with Crippen molar-refractivity contribution in [1.29, 1.82) is 0 Å². The quantitative estimate of drug-likeness (QED) is 0.258. The van der Waals surface area contributed by atoms with E-state index in [4.69, 9.17) is 9.72 Å². The molecule has 3 aromatic heterocycles. The molecule has 0 saturated heterocycles. The molecule has 0 radical (unpaired) electrons. The van der Waals surface area contributed by atoms with Crippen molar-refractivity contribution >= 4 is 51.8 Å². The van der Waals surface area contributed by atoms with Gasteiger partial charge in [-0.15, -0.1) is 0 Å². The second kappa shape index (κ2) is 9.41. The molecule has 0 fully saturated rings. The minimum Gasteiger partial charge on any atom is -0.459 e. The number of hydrogen-bond acceptors (Lipinski definition) is 8. The number of amides is 1. The van der Waals surface area contributed by atoms with Gasteiger partial charge in [-0.05, 0) is 38.1 Å². The largest absolute Gasteiger partial charge is 0.459 e. The molecular formula is C26H23N7O3. The van der Waals surface area contributed by atoms with Crippen LogP contribution < -0.4 is 10.6 Å². The van der Waals surface area contributed by atoms with E-state index < -0.39 is 5.97 Å². The fraction of sp³-hybridized carbons (Fsp3) is 0.154. The topological polar surface area (TPSA) is 124 Å². The number of aromatic nitrogens is 5. The van der Waals surface area contributed by atoms with Gasteiger partial charge in [-0.1, -0.05) is 18.2 Å². The third-order valence-corrected chi connectivity index (χ3v) is 5.51. The molecule has 5 rings (SSSR count). The monoisotopic (exact) mass is 481 g/mol. The molecule has 3 heterocycles. The molecule has 0 unspecified atom stereocenters. The zero-order valence-electron chi connectivity index (χ0n) is 19.9. The lowest BCUT2D eigenvalue weighted by atomic mass is 10.1. The Kier molecular flexibility index (Phi) is 5.99. The molecule has 10 heteroatoms. The first-order chi connectivity index (χ1) is 17.4. The Balaban J connectivity index is 1.58. The number of esters is 1. The van der Waals surface area contributed by atoms with Crippen LogP contribution >= 0.6 is 0 Å². The van der Waals surface area contributed by atoms with Crippen LogP contribution in [0.25, 0.3) is 33.2 Å². The van der Waals surface area contributed by atoms with Crippen molar-refractivity contribution in [2.45, 2.75) is 20.0 Å². The zero-order valence-corrected chi connectivity index (χ0v) is 19.9. The second-order valence-corrected chi connectivity index (χ2v) is 8.43. The Morgan fingerprint density at radius 1 is 1.06 bits per heavy atom. The van der Waals surface area contributed by atoms with Crippen molar-refractivity contribution in [3.05, 3.63) is 66.6 Å². The summed E-state index contributed by atoms with van der Waals surface area (Å²) in [4.78, 5) is 41.4. The van der Waals surface area contributed by atoms with Gasteiger partial charge in [0.15, 0.2) is 5.82 Å². The molecule has 5 aromatic rings. The molecule has 36 heavy (non-hydrogen) atoms. The van der Waals surface area contributed by atoms with E-state index in [1.165, 1.54) is 12.4 Å². The van der Waals surface area contributed by atoms with Crippen molar-refractivity contribution in [2.24, 2.45) is 7.05 Å². The van der Waals surface area contributed by atoms with Crippen LogP contribution in [0.15, 0.2) is 61.1 Å². The van der Waals surface area contributed by atoms with E-state index >= 15 is 0 Å². The number of anilines is 3. The van der Waals surface area contributed by atoms with Crippen molar-refractivity contribution in [3.8, 4) is 11.3 Å². The van der Waals surface area contributed by atoms with E-state index in [1.807, 2.05) is 48.1 Å². The van der Waals surface area contributed by atoms with E-state index in [0.717, 1.165) is 16.5 Å². The Hall–Kier alpha value is -4.86. The highest BCUT2D eigenvalue weighted by Crippen LogP contribution is 2.32. The van der Waals surface area contributed by atoms with Gasteiger partial charge in [0.25, 0.3) is 0 Å². The number of benzene rings is 2. The van der Waals surface area contributed by atoms with Gasteiger partial charge < -0.3 is 19.9 Å². The highest BCUT2D eigenvalue weighted by Gasteiger charge is 2.21. The number of carbonyl (C=O) groups is 2. The molecule has 0 saturated carbocycles. The SMILES string of the molecule is CC(C)OC(=O)c1cnc(Nc2ccc3ncc(NC=O)nc3c2)nc1-c1cn(C)c2ccccc12. The minimum absolute atomic E-state index is 0.277. The fourth-order valence-electron chi connectivity index (χ4n) is 3.95. The highest BCUT2D eigenvalue weighted by molar-refractivity contribution is 6.03. The normalized spacial score (nSPS) is 11.1. The van der Waals surface area contributed by atoms with E-state index in [2.05, 4.69) is 25.6 Å². The number of nitrogens with zero attached hydrogens (tertiary/aromatic N) is 5. The molecule has 0 spiro atoms. The van der Waals surface area contributed by atoms with Gasteiger partial charge in [0.1, 0.15) is 5.56 Å². The average Bonchev–Trinajstić information content (AvgIpc) is 3.20. The van der Waals surface area contributed by atoms with E-state index in [9.17, 15) is 9.59 Å². The predicted molar refractivity (Wildman–Crippen MR) is 137 cm³/mol. The van der Waals surface area contributed by atoms with Gasteiger partial charge in [0, 0.05) is 41.6 Å². The van der Waals surface area contributed by atoms with Gasteiger partial charge in [0.05, 0.1) is 29.0 Å². The molecule has 0 aliphatic heterocycles. The lowest BCUT2D eigenvalue weighted by molar-refractivity contribution is -0.105. The molecule has 1 amide bonds. The van der Waals surface area contributed by atoms with Gasteiger partial charge in [0.2, 0.25) is 12.4 Å². The van der Waals surface area contributed by atoms with E-state index in [1.54, 1.807) is 26.0 Å². The van der Waals surface area contributed by atoms with Crippen LogP contribution in [0.2, 0.25) is 0 Å². The lowest BCUT2D eigenvalue weighted by Gasteiger charge is -2.13. The Labute approximate surface area is 206 Å². The van der Waals surface area contributed by atoms with Crippen LogP contribution in [0.1, 0.15) is 24.2 Å². The number of para-hydroxylation sites is 1. The molecule has 2 aromatic carbocycles. The Bertz CT molecular complexity index is 1610. The summed E-state index contributed by atoms with van der Waals surface area (Å²) in [5, 5.41) is 6.63. The molecule has 0 bridgehead atoms. The smallest absolute Gasteiger partial charge is 0.342 e. The van der Waals surface area contributed by atoms with Crippen molar-refractivity contribution < 1.29 is 14.3 Å². The third kappa shape index (κ3) is 4.43. The van der Waals surface area contributed by atoms with Crippen LogP contribution in [0.5, 0.6) is 0 Å². The first-order valence-corrected chi connectivity index (χ1v) is 11.3. The molecular weight excluding hydrogens is 458 g/mol. The number of carbonyl (C=O) groups excluding carboxylic acids is 2. The molecule has 2 N–H and O–H groups in total. The highest BCUT2D eigenvalue weighted by atomic mass is 16.5. The van der Waals surface area contributed by atoms with Crippen LogP contribution in [0.4, 0.5) is 17.5 Å². The molecule has 0 atom stereocenters. The first-order valence-electron chi connectivity index (χ1n) is 11.3. The van der Waals surface area contributed by atoms with Gasteiger partial charge in [-0.3, -0.25) is 9.78 Å². The van der Waals surface area contributed by atoms with Gasteiger partial charge in [-0.25, -0.2) is 19.7 Å². The van der Waals surface area contributed by atoms with Crippen molar-refractivity contribution in [2.75, 3.05) is 10.6 Å². The number of nitrogens with one attached hydrogen (secondary N) is 2. The number of ether oxygens (including phenoxy) is 1. The van der Waals surface area contributed by atoms with Crippen molar-refractivity contribution in [1.82, 2.24) is 24.5 Å². The van der Waals surface area contributed by atoms with Crippen LogP contribution in [0.3, 0.4) is 0 Å². The molecule has 10 nitrogen and oxygen atoms in total. The summed E-state index contributed by atoms with van der Waals surface area (Å²) in [7, 11) is 1.95. The Morgan fingerprint density at radius 3 is 2.69 bits per heavy atom. The van der Waals surface area contributed by atoms with Crippen LogP contribution in [0, 0.1) is 0 Å². The van der Waals surface area contributed by atoms with Crippen molar-refractivity contribution in [3.63, 3.8) is 0 Å². The van der Waals surface area contributed by atoms with Gasteiger partial charge >= 0.3 is 5.97 Å². The predicted octanol–water partition coefficient (Wildman–Crippen LogP) is 4.46. The van der Waals surface area contributed by atoms with E-state index in [-0.39, 0.29) is 11.7 Å². The van der Waals surface area contributed by atoms with E-state index in [0.29, 0.717) is 40.6 Å². The van der Waals surface area contributed by atoms with Gasteiger partial charge in [-0.2, -0.15) is 0 Å². The molecule has 180 valence electrons. The molecule has 0 aliphatic rings. The number of hydrogen-bond donors (Lipinski definition) is 2. The summed E-state index contributed by atoms with van der Waals surface area (Å²) in [6.07, 6.45) is 5.17. The summed E-state index contributed by atoms with van der Waals surface area (Å²) in [6, 6.07) is 13.3. The Morgan fingerprint density at radius 2 is 1.89 bits per heavy atom. The number of fused-ring (bicyclic) bond motifs is 2. The summed E-state index contributed by atoms with van der Waals surface area (Å²) < 4.78 is 7.45. The molecule has 0 aliphatic carbocycles.